The molecule has 2 fully saturated rings. The summed E-state index contributed by atoms with van der Waals surface area (Å²) in [5.74, 6) is -0.682. The Morgan fingerprint density at radius 3 is 2.42 bits per heavy atom. The first-order valence-electron chi connectivity index (χ1n) is 6.16. The number of alkyl halides is 2. The molecule has 5 nitrogen and oxygen atoms in total. The molecule has 0 aromatic heterocycles. The molecule has 0 aromatic carbocycles. The van der Waals surface area contributed by atoms with E-state index in [1.807, 2.05) is 0 Å². The van der Waals surface area contributed by atoms with Crippen molar-refractivity contribution in [1.82, 2.24) is 0 Å². The highest BCUT2D eigenvalue weighted by atomic mass is 32.2. The Hall–Kier alpha value is -0.760. The SMILES string of the molecule is CC(OC(=O)C1CC2CCC1C2)C(F)(F)S(=O)(=O)[O-]. The molecule has 2 bridgehead atoms. The van der Waals surface area contributed by atoms with Crippen LogP contribution in [0.5, 0.6) is 0 Å². The number of rotatable bonds is 4. The van der Waals surface area contributed by atoms with E-state index >= 15 is 0 Å². The molecule has 0 N–H and O–H groups in total. The molecule has 4 unspecified atom stereocenters. The number of halogens is 2. The summed E-state index contributed by atoms with van der Waals surface area (Å²) in [5, 5.41) is -4.60. The van der Waals surface area contributed by atoms with E-state index in [4.69, 9.17) is 0 Å². The molecule has 2 rings (SSSR count). The maximum absolute atomic E-state index is 13.2. The molecule has 0 amide bonds. The fourth-order valence-corrected chi connectivity index (χ4v) is 3.52. The predicted octanol–water partition coefficient (Wildman–Crippen LogP) is 1.49. The lowest BCUT2D eigenvalue weighted by atomic mass is 9.89. The van der Waals surface area contributed by atoms with Gasteiger partial charge < -0.3 is 9.29 Å². The molecule has 2 aliphatic carbocycles. The molecular weight excluding hydrogens is 282 g/mol. The van der Waals surface area contributed by atoms with Gasteiger partial charge in [-0.3, -0.25) is 4.79 Å². The molecule has 8 heteroatoms. The minimum Gasteiger partial charge on any atom is -0.743 e. The largest absolute Gasteiger partial charge is 0.743 e. The standard InChI is InChI=1S/C11H16F2O5S/c1-6(11(12,13)19(15,16)17)18-10(14)9-5-7-2-3-8(9)4-7/h6-9H,2-5H2,1H3,(H,15,16,17)/p-1. The second kappa shape index (κ2) is 4.66. The van der Waals surface area contributed by atoms with Gasteiger partial charge in [-0.05, 0) is 38.0 Å². The van der Waals surface area contributed by atoms with Crippen LogP contribution in [-0.4, -0.2) is 30.3 Å². The van der Waals surface area contributed by atoms with Crippen LogP contribution in [0.4, 0.5) is 8.78 Å². The Bertz CT molecular complexity index is 475. The summed E-state index contributed by atoms with van der Waals surface area (Å²) in [6, 6.07) is 0. The quantitative estimate of drug-likeness (QED) is 0.580. The third-order valence-corrected chi connectivity index (χ3v) is 5.14. The van der Waals surface area contributed by atoms with Gasteiger partial charge in [0.1, 0.15) is 0 Å². The van der Waals surface area contributed by atoms with Gasteiger partial charge in [0.05, 0.1) is 5.92 Å². The number of carbonyl (C=O) groups excluding carboxylic acids is 1. The molecular formula is C11H15F2O5S-. The Balaban J connectivity index is 2.00. The van der Waals surface area contributed by atoms with Gasteiger partial charge in [-0.15, -0.1) is 0 Å². The molecule has 0 aliphatic heterocycles. The Kier molecular flexibility index (Phi) is 3.59. The summed E-state index contributed by atoms with van der Waals surface area (Å²) in [7, 11) is -5.84. The zero-order valence-corrected chi connectivity index (χ0v) is 11.2. The van der Waals surface area contributed by atoms with E-state index < -0.39 is 33.4 Å². The Morgan fingerprint density at radius 2 is 2.00 bits per heavy atom. The number of esters is 1. The van der Waals surface area contributed by atoms with Crippen molar-refractivity contribution in [2.24, 2.45) is 17.8 Å². The fraction of sp³-hybridized carbons (Fsp3) is 0.909. The van der Waals surface area contributed by atoms with Crippen LogP contribution >= 0.6 is 0 Å². The molecule has 0 radical (unpaired) electrons. The minimum atomic E-state index is -5.84. The summed E-state index contributed by atoms with van der Waals surface area (Å²) < 4.78 is 62.2. The maximum Gasteiger partial charge on any atom is 0.369 e. The number of hydrogen-bond donors (Lipinski definition) is 0. The van der Waals surface area contributed by atoms with Crippen molar-refractivity contribution in [2.45, 2.75) is 44.0 Å². The normalized spacial score (nSPS) is 32.3. The van der Waals surface area contributed by atoms with Gasteiger partial charge in [0, 0.05) is 0 Å². The van der Waals surface area contributed by atoms with Crippen LogP contribution in [0.25, 0.3) is 0 Å². The lowest BCUT2D eigenvalue weighted by Gasteiger charge is -2.28. The van der Waals surface area contributed by atoms with E-state index in [2.05, 4.69) is 4.74 Å². The highest BCUT2D eigenvalue weighted by Gasteiger charge is 2.49. The van der Waals surface area contributed by atoms with Crippen LogP contribution in [0.3, 0.4) is 0 Å². The molecule has 19 heavy (non-hydrogen) atoms. The van der Waals surface area contributed by atoms with Crippen LogP contribution in [-0.2, 0) is 19.6 Å². The molecule has 0 heterocycles. The second-order valence-corrected chi connectivity index (χ2v) is 6.83. The lowest BCUT2D eigenvalue weighted by Crippen LogP contribution is -2.43. The van der Waals surface area contributed by atoms with Crippen molar-refractivity contribution in [3.05, 3.63) is 0 Å². The van der Waals surface area contributed by atoms with Crippen LogP contribution in [0.1, 0.15) is 32.6 Å². The average molecular weight is 297 g/mol. The van der Waals surface area contributed by atoms with Gasteiger partial charge in [-0.25, -0.2) is 8.42 Å². The zero-order valence-electron chi connectivity index (χ0n) is 10.3. The van der Waals surface area contributed by atoms with Crippen LogP contribution in [0.2, 0.25) is 0 Å². The van der Waals surface area contributed by atoms with Gasteiger partial charge in [0.2, 0.25) is 0 Å². The molecule has 0 spiro atoms. The van der Waals surface area contributed by atoms with Crippen molar-refractivity contribution in [3.63, 3.8) is 0 Å². The smallest absolute Gasteiger partial charge is 0.369 e. The molecule has 4 atom stereocenters. The molecule has 2 aliphatic rings. The number of fused-ring (bicyclic) bond motifs is 2. The first-order valence-corrected chi connectivity index (χ1v) is 7.57. The topological polar surface area (TPSA) is 83.5 Å². The minimum absolute atomic E-state index is 0.141. The Labute approximate surface area is 110 Å². The summed E-state index contributed by atoms with van der Waals surface area (Å²) in [4.78, 5) is 11.8. The summed E-state index contributed by atoms with van der Waals surface area (Å²) in [5.41, 5.74) is 0. The average Bonchev–Trinajstić information content (AvgIpc) is 2.88. The van der Waals surface area contributed by atoms with Gasteiger partial charge in [-0.2, -0.15) is 8.78 Å². The monoisotopic (exact) mass is 297 g/mol. The lowest BCUT2D eigenvalue weighted by molar-refractivity contribution is -0.166. The molecule has 2 saturated carbocycles. The van der Waals surface area contributed by atoms with E-state index in [0.29, 0.717) is 12.3 Å². The van der Waals surface area contributed by atoms with Crippen LogP contribution in [0.15, 0.2) is 0 Å². The van der Waals surface area contributed by atoms with E-state index in [1.165, 1.54) is 0 Å². The number of carbonyl (C=O) groups is 1. The highest BCUT2D eigenvalue weighted by molar-refractivity contribution is 7.86. The van der Waals surface area contributed by atoms with Gasteiger partial charge in [0.25, 0.3) is 0 Å². The van der Waals surface area contributed by atoms with Crippen molar-refractivity contribution in [2.75, 3.05) is 0 Å². The maximum atomic E-state index is 13.2. The fourth-order valence-electron chi connectivity index (χ4n) is 3.07. The van der Waals surface area contributed by atoms with Gasteiger partial charge in [-0.1, -0.05) is 6.42 Å². The number of hydrogen-bond acceptors (Lipinski definition) is 5. The summed E-state index contributed by atoms with van der Waals surface area (Å²) >= 11 is 0. The van der Waals surface area contributed by atoms with Gasteiger partial charge >= 0.3 is 11.2 Å². The predicted molar refractivity (Wildman–Crippen MR) is 59.1 cm³/mol. The van der Waals surface area contributed by atoms with Crippen molar-refractivity contribution < 1.29 is 31.3 Å². The van der Waals surface area contributed by atoms with E-state index in [9.17, 15) is 26.5 Å². The second-order valence-electron chi connectivity index (χ2n) is 5.38. The number of ether oxygens (including phenoxy) is 1. The first-order chi connectivity index (χ1) is 8.63. The van der Waals surface area contributed by atoms with Crippen molar-refractivity contribution >= 4 is 16.1 Å². The van der Waals surface area contributed by atoms with E-state index in [0.717, 1.165) is 26.2 Å². The van der Waals surface area contributed by atoms with Crippen molar-refractivity contribution in [1.29, 1.82) is 0 Å². The summed E-state index contributed by atoms with van der Waals surface area (Å²) in [6.07, 6.45) is 1.14. The molecule has 0 aromatic rings. The highest BCUT2D eigenvalue weighted by Crippen LogP contribution is 2.49. The Morgan fingerprint density at radius 1 is 1.37 bits per heavy atom. The first kappa shape index (κ1) is 14.6. The van der Waals surface area contributed by atoms with E-state index in [1.54, 1.807) is 0 Å². The third kappa shape index (κ3) is 2.60. The molecule has 0 saturated heterocycles. The summed E-state index contributed by atoms with van der Waals surface area (Å²) in [6.45, 7) is 0.723. The zero-order chi connectivity index (χ0) is 14.4. The molecule has 110 valence electrons. The van der Waals surface area contributed by atoms with Gasteiger partial charge in [0.15, 0.2) is 16.2 Å². The van der Waals surface area contributed by atoms with Crippen molar-refractivity contribution in [3.8, 4) is 0 Å². The third-order valence-electron chi connectivity index (χ3n) is 4.14. The van der Waals surface area contributed by atoms with E-state index in [-0.39, 0.29) is 5.92 Å². The van der Waals surface area contributed by atoms with Crippen LogP contribution in [0, 0.1) is 17.8 Å². The van der Waals surface area contributed by atoms with Crippen LogP contribution < -0.4 is 0 Å².